The maximum atomic E-state index is 13.5. The minimum absolute atomic E-state index is 0.0316. The molecule has 1 aromatic rings. The van der Waals surface area contributed by atoms with Crippen molar-refractivity contribution in [1.82, 2.24) is 0 Å². The van der Waals surface area contributed by atoms with E-state index in [9.17, 15) is 24.0 Å². The van der Waals surface area contributed by atoms with Crippen LogP contribution in [0.25, 0.3) is 0 Å². The highest BCUT2D eigenvalue weighted by Gasteiger charge is 2.46. The van der Waals surface area contributed by atoms with E-state index in [1.165, 1.54) is 27.7 Å². The number of cyclic esters (lactones) is 4. The molecular formula is C26H35NO9. The Kier molecular flexibility index (Phi) is 9.75. The first-order valence-corrected chi connectivity index (χ1v) is 12.0. The average molecular weight is 506 g/mol. The predicted molar refractivity (Wildman–Crippen MR) is 127 cm³/mol. The quantitative estimate of drug-likeness (QED) is 0.365. The van der Waals surface area contributed by atoms with Gasteiger partial charge in [0.05, 0.1) is 0 Å². The van der Waals surface area contributed by atoms with Crippen molar-refractivity contribution in [2.24, 2.45) is 17.1 Å². The molecule has 198 valence electrons. The molecule has 1 heterocycles. The minimum Gasteiger partial charge on any atom is -0.458 e. The van der Waals surface area contributed by atoms with Crippen LogP contribution in [0.5, 0.6) is 0 Å². The van der Waals surface area contributed by atoms with Gasteiger partial charge in [0.25, 0.3) is 0 Å². The summed E-state index contributed by atoms with van der Waals surface area (Å²) in [6.45, 7) is 8.79. The van der Waals surface area contributed by atoms with E-state index in [4.69, 9.17) is 24.7 Å². The fourth-order valence-corrected chi connectivity index (χ4v) is 3.44. The molecule has 10 heteroatoms. The van der Waals surface area contributed by atoms with Gasteiger partial charge in [-0.05, 0) is 39.7 Å². The molecule has 6 atom stereocenters. The first kappa shape index (κ1) is 29.0. The maximum Gasteiger partial charge on any atom is 0.348 e. The number of esters is 4. The van der Waals surface area contributed by atoms with Crippen molar-refractivity contribution < 1.29 is 42.9 Å². The SMILES string of the molecule is CC[C@H](C)[C@@H]1OC(=O)C(C)(C)C(=O)C(Cc2ccccc2)OC(=O)[C@H](C)OC(=O)[C@@H](N)[C@@H](C)OC1=O. The molecule has 2 rings (SSSR count). The minimum atomic E-state index is -1.78. The number of hydrogen-bond acceptors (Lipinski definition) is 10. The fourth-order valence-electron chi connectivity index (χ4n) is 3.44. The van der Waals surface area contributed by atoms with Gasteiger partial charge >= 0.3 is 23.9 Å². The number of nitrogens with two attached hydrogens (primary N) is 1. The zero-order valence-corrected chi connectivity index (χ0v) is 21.5. The Morgan fingerprint density at radius 2 is 1.50 bits per heavy atom. The molecule has 0 saturated carbocycles. The van der Waals surface area contributed by atoms with E-state index in [0.717, 1.165) is 0 Å². The van der Waals surface area contributed by atoms with Crippen LogP contribution in [0.4, 0.5) is 0 Å². The number of carbonyl (C=O) groups is 5. The number of Topliss-reactive ketones (excluding diaryl/α,β-unsaturated/α-hetero) is 1. The second-order valence-electron chi connectivity index (χ2n) is 9.56. The number of benzene rings is 1. The number of rotatable bonds is 4. The lowest BCUT2D eigenvalue weighted by atomic mass is 9.83. The largest absolute Gasteiger partial charge is 0.458 e. The fraction of sp³-hybridized carbons (Fsp3) is 0.577. The van der Waals surface area contributed by atoms with Crippen LogP contribution >= 0.6 is 0 Å². The van der Waals surface area contributed by atoms with Crippen LogP contribution in [0.1, 0.15) is 53.5 Å². The zero-order valence-electron chi connectivity index (χ0n) is 21.5. The van der Waals surface area contributed by atoms with Crippen LogP contribution in [0.3, 0.4) is 0 Å². The number of ether oxygens (including phenoxy) is 4. The van der Waals surface area contributed by atoms with E-state index in [0.29, 0.717) is 12.0 Å². The normalized spacial score (nSPS) is 29.1. The number of ketones is 1. The summed E-state index contributed by atoms with van der Waals surface area (Å²) in [4.78, 5) is 64.9. The van der Waals surface area contributed by atoms with Gasteiger partial charge in [0.15, 0.2) is 18.0 Å². The Morgan fingerprint density at radius 3 is 2.08 bits per heavy atom. The number of carbonyl (C=O) groups excluding carboxylic acids is 5. The highest BCUT2D eigenvalue weighted by Crippen LogP contribution is 2.27. The van der Waals surface area contributed by atoms with E-state index in [1.807, 2.05) is 0 Å². The molecule has 0 aliphatic carbocycles. The zero-order chi connectivity index (χ0) is 27.2. The third-order valence-corrected chi connectivity index (χ3v) is 6.27. The van der Waals surface area contributed by atoms with Gasteiger partial charge in [-0.1, -0.05) is 44.2 Å². The van der Waals surface area contributed by atoms with Gasteiger partial charge in [-0.3, -0.25) is 14.4 Å². The molecule has 2 N–H and O–H groups in total. The summed E-state index contributed by atoms with van der Waals surface area (Å²) in [5.74, 6) is -5.08. The summed E-state index contributed by atoms with van der Waals surface area (Å²) >= 11 is 0. The van der Waals surface area contributed by atoms with Crippen LogP contribution in [0.2, 0.25) is 0 Å². The molecule has 1 aliphatic heterocycles. The van der Waals surface area contributed by atoms with Gasteiger partial charge in [0.2, 0.25) is 6.10 Å². The smallest absolute Gasteiger partial charge is 0.348 e. The lowest BCUT2D eigenvalue weighted by Gasteiger charge is -2.30. The van der Waals surface area contributed by atoms with Crippen LogP contribution in [-0.2, 0) is 49.3 Å². The molecule has 1 unspecified atom stereocenters. The first-order valence-electron chi connectivity index (χ1n) is 12.0. The molecule has 1 aromatic carbocycles. The molecule has 1 saturated heterocycles. The summed E-state index contributed by atoms with van der Waals surface area (Å²) in [6.07, 6.45) is -4.88. The van der Waals surface area contributed by atoms with Crippen molar-refractivity contribution >= 4 is 29.7 Å². The van der Waals surface area contributed by atoms with Crippen LogP contribution in [0.15, 0.2) is 30.3 Å². The summed E-state index contributed by atoms with van der Waals surface area (Å²) in [5.41, 5.74) is 4.77. The summed E-state index contributed by atoms with van der Waals surface area (Å²) in [7, 11) is 0. The lowest BCUT2D eigenvalue weighted by Crippen LogP contribution is -2.48. The molecule has 0 spiro atoms. The second-order valence-corrected chi connectivity index (χ2v) is 9.56. The maximum absolute atomic E-state index is 13.5. The Morgan fingerprint density at radius 1 is 0.889 bits per heavy atom. The highest BCUT2D eigenvalue weighted by atomic mass is 16.6. The monoisotopic (exact) mass is 505 g/mol. The number of hydrogen-bond donors (Lipinski definition) is 1. The molecule has 10 nitrogen and oxygen atoms in total. The third kappa shape index (κ3) is 6.90. The van der Waals surface area contributed by atoms with E-state index >= 15 is 0 Å². The Balaban J connectivity index is 2.51. The average Bonchev–Trinajstić information content (AvgIpc) is 2.84. The van der Waals surface area contributed by atoms with Crippen LogP contribution in [-0.4, -0.2) is 60.1 Å². The van der Waals surface area contributed by atoms with Crippen LogP contribution < -0.4 is 5.73 Å². The lowest BCUT2D eigenvalue weighted by molar-refractivity contribution is -0.183. The van der Waals surface area contributed by atoms with Crippen molar-refractivity contribution in [1.29, 1.82) is 0 Å². The molecule has 36 heavy (non-hydrogen) atoms. The molecular weight excluding hydrogens is 470 g/mol. The van der Waals surface area contributed by atoms with Gasteiger partial charge in [-0.2, -0.15) is 0 Å². The van der Waals surface area contributed by atoms with Crippen molar-refractivity contribution in [2.75, 3.05) is 0 Å². The van der Waals surface area contributed by atoms with Crippen LogP contribution in [0, 0.1) is 11.3 Å². The summed E-state index contributed by atoms with van der Waals surface area (Å²) in [6, 6.07) is 7.35. The van der Waals surface area contributed by atoms with Gasteiger partial charge < -0.3 is 24.7 Å². The molecule has 1 fully saturated rings. The van der Waals surface area contributed by atoms with E-state index in [1.54, 1.807) is 44.2 Å². The molecule has 0 amide bonds. The summed E-state index contributed by atoms with van der Waals surface area (Å²) < 4.78 is 21.4. The molecule has 0 bridgehead atoms. The molecule has 0 radical (unpaired) electrons. The van der Waals surface area contributed by atoms with Crippen molar-refractivity contribution in [2.45, 2.75) is 84.8 Å². The summed E-state index contributed by atoms with van der Waals surface area (Å²) in [5, 5.41) is 0. The topological polar surface area (TPSA) is 148 Å². The van der Waals surface area contributed by atoms with Gasteiger partial charge in [0, 0.05) is 12.3 Å². The molecule has 1 aliphatic rings. The van der Waals surface area contributed by atoms with Crippen molar-refractivity contribution in [3.8, 4) is 0 Å². The standard InChI is InChI=1S/C26H35NO9/c1-7-14(2)20-24(31)33-15(3)19(27)23(30)34-16(4)22(29)35-18(13-17-11-9-8-10-12-17)21(28)26(5,6)25(32)36-20/h8-12,14-16,18-20H,7,13,27H2,1-6H3/t14-,15+,16-,18?,19-,20-/m0/s1. The van der Waals surface area contributed by atoms with Crippen molar-refractivity contribution in [3.05, 3.63) is 35.9 Å². The Bertz CT molecular complexity index is 975. The van der Waals surface area contributed by atoms with E-state index in [2.05, 4.69) is 0 Å². The Hall–Kier alpha value is -3.27. The van der Waals surface area contributed by atoms with E-state index in [-0.39, 0.29) is 6.42 Å². The highest BCUT2D eigenvalue weighted by molar-refractivity contribution is 6.06. The molecule has 0 aromatic heterocycles. The van der Waals surface area contributed by atoms with Gasteiger partial charge in [0.1, 0.15) is 17.6 Å². The first-order chi connectivity index (χ1) is 16.8. The Labute approximate surface area is 210 Å². The van der Waals surface area contributed by atoms with E-state index < -0.39 is 71.5 Å². The van der Waals surface area contributed by atoms with Gasteiger partial charge in [-0.25, -0.2) is 9.59 Å². The second kappa shape index (κ2) is 12.1. The predicted octanol–water partition coefficient (Wildman–Crippen LogP) is 1.90. The third-order valence-electron chi connectivity index (χ3n) is 6.27. The van der Waals surface area contributed by atoms with Gasteiger partial charge in [-0.15, -0.1) is 0 Å². The van der Waals surface area contributed by atoms with Crippen molar-refractivity contribution in [3.63, 3.8) is 0 Å².